The van der Waals surface area contributed by atoms with Crippen molar-refractivity contribution in [3.8, 4) is 0 Å². The van der Waals surface area contributed by atoms with Gasteiger partial charge >= 0.3 is 5.97 Å². The van der Waals surface area contributed by atoms with Crippen molar-refractivity contribution in [2.24, 2.45) is 17.8 Å². The smallest absolute Gasteiger partial charge is 0.356 e. The summed E-state index contributed by atoms with van der Waals surface area (Å²) in [5.74, 6) is 1.91. The lowest BCUT2D eigenvalue weighted by Crippen LogP contribution is -2.52. The van der Waals surface area contributed by atoms with E-state index in [1.54, 1.807) is 0 Å². The van der Waals surface area contributed by atoms with Crippen molar-refractivity contribution < 1.29 is 9.90 Å². The highest BCUT2D eigenvalue weighted by Gasteiger charge is 2.53. The molecule has 5 nitrogen and oxygen atoms in total. The highest BCUT2D eigenvalue weighted by Crippen LogP contribution is 2.59. The Hall–Kier alpha value is -1.52. The summed E-state index contributed by atoms with van der Waals surface area (Å²) in [6.45, 7) is 0. The summed E-state index contributed by atoms with van der Waals surface area (Å²) in [5, 5.41) is 13.4. The molecule has 4 saturated carbocycles. The number of carbonyl (C=O) groups is 1. The third-order valence-corrected chi connectivity index (χ3v) is 5.41. The Balaban J connectivity index is 1.77. The first-order valence-corrected chi connectivity index (χ1v) is 7.15. The van der Waals surface area contributed by atoms with Crippen LogP contribution in [0.2, 0.25) is 0 Å². The second-order valence-corrected chi connectivity index (χ2v) is 6.81. The van der Waals surface area contributed by atoms with Gasteiger partial charge in [-0.05, 0) is 56.3 Å². The third kappa shape index (κ3) is 1.53. The topological polar surface area (TPSA) is 81.1 Å². The van der Waals surface area contributed by atoms with Crippen molar-refractivity contribution >= 4 is 11.8 Å². The Morgan fingerprint density at radius 1 is 1.26 bits per heavy atom. The van der Waals surface area contributed by atoms with Gasteiger partial charge < -0.3 is 10.8 Å². The van der Waals surface area contributed by atoms with E-state index in [1.807, 2.05) is 4.68 Å². The Labute approximate surface area is 111 Å². The Bertz CT molecular complexity index is 514. The number of carboxylic acid groups (broad SMARTS) is 1. The van der Waals surface area contributed by atoms with Crippen molar-refractivity contribution in [1.29, 1.82) is 0 Å². The van der Waals surface area contributed by atoms with Gasteiger partial charge in [0.2, 0.25) is 0 Å². The Morgan fingerprint density at radius 3 is 2.21 bits per heavy atom. The minimum absolute atomic E-state index is 0.00648. The molecule has 0 radical (unpaired) electrons. The van der Waals surface area contributed by atoms with E-state index in [0.717, 1.165) is 37.0 Å². The summed E-state index contributed by atoms with van der Waals surface area (Å²) in [5.41, 5.74) is 6.12. The van der Waals surface area contributed by atoms with Gasteiger partial charge in [-0.2, -0.15) is 5.10 Å². The van der Waals surface area contributed by atoms with E-state index in [-0.39, 0.29) is 11.2 Å². The highest BCUT2D eigenvalue weighted by atomic mass is 16.4. The first-order chi connectivity index (χ1) is 9.06. The molecule has 0 spiro atoms. The fourth-order valence-electron chi connectivity index (χ4n) is 5.20. The summed E-state index contributed by atoms with van der Waals surface area (Å²) in [7, 11) is 0. The van der Waals surface area contributed by atoms with Crippen LogP contribution < -0.4 is 5.73 Å². The minimum Gasteiger partial charge on any atom is -0.476 e. The number of rotatable bonds is 2. The second kappa shape index (κ2) is 3.52. The molecule has 102 valence electrons. The minimum atomic E-state index is -0.991. The van der Waals surface area contributed by atoms with Crippen LogP contribution in [0.25, 0.3) is 0 Å². The lowest BCUT2D eigenvalue weighted by molar-refractivity contribution is -0.0482. The van der Waals surface area contributed by atoms with Gasteiger partial charge in [-0.1, -0.05) is 0 Å². The van der Waals surface area contributed by atoms with Gasteiger partial charge in [-0.25, -0.2) is 9.48 Å². The molecule has 1 aromatic heterocycles. The molecule has 0 aromatic carbocycles. The van der Waals surface area contributed by atoms with Crippen molar-refractivity contribution in [2.45, 2.75) is 44.1 Å². The number of nitrogens with two attached hydrogens (primary N) is 1. The van der Waals surface area contributed by atoms with Crippen molar-refractivity contribution in [3.63, 3.8) is 0 Å². The molecule has 4 aliphatic carbocycles. The zero-order valence-corrected chi connectivity index (χ0v) is 10.9. The van der Waals surface area contributed by atoms with Crippen LogP contribution in [-0.2, 0) is 5.54 Å². The molecule has 1 aromatic rings. The highest BCUT2D eigenvalue weighted by molar-refractivity contribution is 5.86. The van der Waals surface area contributed by atoms with Gasteiger partial charge in [-0.3, -0.25) is 0 Å². The summed E-state index contributed by atoms with van der Waals surface area (Å²) >= 11 is 0. The average molecular weight is 261 g/mol. The van der Waals surface area contributed by atoms with Gasteiger partial charge in [0.25, 0.3) is 0 Å². The van der Waals surface area contributed by atoms with Gasteiger partial charge in [-0.15, -0.1) is 0 Å². The van der Waals surface area contributed by atoms with Crippen molar-refractivity contribution in [1.82, 2.24) is 9.78 Å². The first-order valence-electron chi connectivity index (χ1n) is 7.15. The molecular weight excluding hydrogens is 242 g/mol. The van der Waals surface area contributed by atoms with E-state index >= 15 is 0 Å². The molecule has 1 heterocycles. The molecule has 0 unspecified atom stereocenters. The Morgan fingerprint density at radius 2 is 1.79 bits per heavy atom. The van der Waals surface area contributed by atoms with Crippen molar-refractivity contribution in [2.75, 3.05) is 5.73 Å². The summed E-state index contributed by atoms with van der Waals surface area (Å²) in [6.07, 6.45) is 7.45. The molecule has 0 saturated heterocycles. The van der Waals surface area contributed by atoms with Crippen LogP contribution in [0.15, 0.2) is 6.07 Å². The van der Waals surface area contributed by atoms with Crippen LogP contribution in [0.5, 0.6) is 0 Å². The third-order valence-electron chi connectivity index (χ3n) is 5.41. The molecular formula is C14H19N3O2. The summed E-state index contributed by atoms with van der Waals surface area (Å²) in [6, 6.07) is 1.50. The fourth-order valence-corrected chi connectivity index (χ4v) is 5.20. The zero-order valence-electron chi connectivity index (χ0n) is 10.9. The zero-order chi connectivity index (χ0) is 13.2. The molecule has 19 heavy (non-hydrogen) atoms. The molecule has 4 fully saturated rings. The number of nitrogens with zero attached hydrogens (tertiary/aromatic N) is 2. The molecule has 5 heteroatoms. The van der Waals surface area contributed by atoms with E-state index in [0.29, 0.717) is 5.82 Å². The van der Waals surface area contributed by atoms with Gasteiger partial charge in [0, 0.05) is 6.07 Å². The van der Waals surface area contributed by atoms with Crippen molar-refractivity contribution in [3.05, 3.63) is 11.8 Å². The maximum atomic E-state index is 11.1. The van der Waals surface area contributed by atoms with Crippen LogP contribution in [0.1, 0.15) is 49.0 Å². The number of hydrogen-bond donors (Lipinski definition) is 2. The number of carboxylic acids is 1. The van der Waals surface area contributed by atoms with E-state index in [1.165, 1.54) is 25.3 Å². The quantitative estimate of drug-likeness (QED) is 0.854. The largest absolute Gasteiger partial charge is 0.476 e. The molecule has 3 N–H and O–H groups in total. The monoisotopic (exact) mass is 261 g/mol. The van der Waals surface area contributed by atoms with Gasteiger partial charge in [0.05, 0.1) is 5.54 Å². The molecule has 0 amide bonds. The van der Waals surface area contributed by atoms with Crippen LogP contribution in [-0.4, -0.2) is 20.9 Å². The predicted molar refractivity (Wildman–Crippen MR) is 69.7 cm³/mol. The number of anilines is 1. The summed E-state index contributed by atoms with van der Waals surface area (Å²) < 4.78 is 1.85. The maximum Gasteiger partial charge on any atom is 0.356 e. The molecule has 5 rings (SSSR count). The molecule has 4 aliphatic rings. The predicted octanol–water partition coefficient (Wildman–Crippen LogP) is 2.09. The first kappa shape index (κ1) is 11.3. The average Bonchev–Trinajstić information content (AvgIpc) is 2.70. The van der Waals surface area contributed by atoms with E-state index in [4.69, 9.17) is 10.8 Å². The number of aromatic nitrogens is 2. The second-order valence-electron chi connectivity index (χ2n) is 6.81. The normalized spacial score (nSPS) is 39.7. The maximum absolute atomic E-state index is 11.1. The molecule has 4 bridgehead atoms. The van der Waals surface area contributed by atoms with Crippen LogP contribution in [0.4, 0.5) is 5.82 Å². The number of hydrogen-bond acceptors (Lipinski definition) is 3. The van der Waals surface area contributed by atoms with Gasteiger partial charge in [0.15, 0.2) is 5.69 Å². The lowest BCUT2D eigenvalue weighted by Gasteiger charge is -2.56. The Kier molecular flexibility index (Phi) is 2.10. The SMILES string of the molecule is Nc1cc(C(=O)O)nn1C12CC3CC(CC(C3)C1)C2. The van der Waals surface area contributed by atoms with Crippen LogP contribution >= 0.6 is 0 Å². The van der Waals surface area contributed by atoms with E-state index in [9.17, 15) is 4.79 Å². The standard InChI is InChI=1S/C14H19N3O2/c15-12-4-11(13(18)19)16-17(12)14-5-8-1-9(6-14)3-10(2-8)7-14/h4,8-10H,1-3,5-7,15H2,(H,18,19). The van der Waals surface area contributed by atoms with Crippen LogP contribution in [0, 0.1) is 17.8 Å². The number of aromatic carboxylic acids is 1. The van der Waals surface area contributed by atoms with E-state index in [2.05, 4.69) is 5.10 Å². The molecule has 0 atom stereocenters. The van der Waals surface area contributed by atoms with Gasteiger partial charge in [0.1, 0.15) is 5.82 Å². The lowest BCUT2D eigenvalue weighted by atomic mass is 9.53. The molecule has 0 aliphatic heterocycles. The fraction of sp³-hybridized carbons (Fsp3) is 0.714. The summed E-state index contributed by atoms with van der Waals surface area (Å²) in [4.78, 5) is 11.1. The van der Waals surface area contributed by atoms with Crippen LogP contribution in [0.3, 0.4) is 0 Å². The van der Waals surface area contributed by atoms with E-state index < -0.39 is 5.97 Å². The number of nitrogen functional groups attached to an aromatic ring is 1.